The van der Waals surface area contributed by atoms with Crippen molar-refractivity contribution in [3.8, 4) is 11.5 Å². The van der Waals surface area contributed by atoms with Crippen LogP contribution in [0.4, 0.5) is 0 Å². The van der Waals surface area contributed by atoms with Gasteiger partial charge in [0.15, 0.2) is 11.5 Å². The average Bonchev–Trinajstić information content (AvgIpc) is 3.34. The summed E-state index contributed by atoms with van der Waals surface area (Å²) in [5.74, 6) is 0.719. The Morgan fingerprint density at radius 3 is 2.65 bits per heavy atom. The zero-order chi connectivity index (χ0) is 28.8. The van der Waals surface area contributed by atoms with Crippen LogP contribution in [0, 0.1) is 23.2 Å². The Bertz CT molecular complexity index is 1190. The number of aldehydes is 1. The Labute approximate surface area is 234 Å². The van der Waals surface area contributed by atoms with Gasteiger partial charge >= 0.3 is 0 Å². The molecule has 1 aliphatic heterocycles. The fourth-order valence-electron chi connectivity index (χ4n) is 7.59. The lowest BCUT2D eigenvalue weighted by molar-refractivity contribution is -0.149. The van der Waals surface area contributed by atoms with E-state index in [4.69, 9.17) is 14.2 Å². The Morgan fingerprint density at radius 1 is 1.25 bits per heavy atom. The molecule has 0 aromatic heterocycles. The number of benzene rings is 1. The van der Waals surface area contributed by atoms with E-state index in [1.807, 2.05) is 0 Å². The number of rotatable bonds is 10. The third-order valence-corrected chi connectivity index (χ3v) is 9.79. The number of nitrogens with zero attached hydrogens (tertiary/aromatic N) is 1. The molecule has 3 N–H and O–H groups in total. The molecule has 0 spiro atoms. The highest BCUT2D eigenvalue weighted by atomic mass is 16.5. The van der Waals surface area contributed by atoms with E-state index in [0.29, 0.717) is 52.9 Å². The summed E-state index contributed by atoms with van der Waals surface area (Å²) in [7, 11) is 2.92. The third kappa shape index (κ3) is 4.69. The van der Waals surface area contributed by atoms with Gasteiger partial charge in [0.1, 0.15) is 25.1 Å². The fourth-order valence-corrected chi connectivity index (χ4v) is 7.59. The first kappa shape index (κ1) is 28.6. The highest BCUT2D eigenvalue weighted by Gasteiger charge is 2.56. The van der Waals surface area contributed by atoms with Crippen LogP contribution in [0.3, 0.4) is 0 Å². The number of methoxy groups -OCH3 is 2. The molecule has 1 aromatic carbocycles. The SMILES string of the molecule is COCC(=O)N(CC1CCC2CC1C2(C)C)C1C=C(C(=O)NCCO)C2c3cc(C=O)cc(OC)c3OC2C1O. The number of hydrogen-bond donors (Lipinski definition) is 3. The summed E-state index contributed by atoms with van der Waals surface area (Å²) in [6, 6.07) is 2.35. The first-order valence-corrected chi connectivity index (χ1v) is 14.1. The summed E-state index contributed by atoms with van der Waals surface area (Å²) < 4.78 is 17.0. The Hall–Kier alpha value is -2.95. The molecule has 3 saturated carbocycles. The zero-order valence-corrected chi connectivity index (χ0v) is 23.6. The minimum Gasteiger partial charge on any atom is -0.493 e. The molecule has 40 heavy (non-hydrogen) atoms. The fraction of sp³-hybridized carbons (Fsp3) is 0.633. The third-order valence-electron chi connectivity index (χ3n) is 9.79. The molecule has 218 valence electrons. The summed E-state index contributed by atoms with van der Waals surface area (Å²) in [5, 5.41) is 23.8. The van der Waals surface area contributed by atoms with Crippen LogP contribution in [0.25, 0.3) is 0 Å². The van der Waals surface area contributed by atoms with Gasteiger partial charge in [-0.05, 0) is 60.6 Å². The minimum atomic E-state index is -1.16. The monoisotopic (exact) mass is 556 g/mol. The molecule has 1 heterocycles. The van der Waals surface area contributed by atoms with Crippen molar-refractivity contribution in [2.75, 3.05) is 40.5 Å². The first-order valence-electron chi connectivity index (χ1n) is 14.1. The highest BCUT2D eigenvalue weighted by Crippen LogP contribution is 2.61. The Kier molecular flexibility index (Phi) is 7.96. The zero-order valence-electron chi connectivity index (χ0n) is 23.6. The molecule has 4 aliphatic carbocycles. The van der Waals surface area contributed by atoms with Crippen molar-refractivity contribution in [2.24, 2.45) is 23.2 Å². The van der Waals surface area contributed by atoms with Gasteiger partial charge in [0.05, 0.1) is 25.7 Å². The van der Waals surface area contributed by atoms with E-state index >= 15 is 0 Å². The summed E-state index contributed by atoms with van der Waals surface area (Å²) in [6.45, 7) is 4.68. The van der Waals surface area contributed by atoms with Crippen LogP contribution >= 0.6 is 0 Å². The Balaban J connectivity index is 1.55. The van der Waals surface area contributed by atoms with Gasteiger partial charge in [0.25, 0.3) is 0 Å². The van der Waals surface area contributed by atoms with E-state index in [2.05, 4.69) is 19.2 Å². The first-order chi connectivity index (χ1) is 19.2. The number of aliphatic hydroxyl groups is 2. The second kappa shape index (κ2) is 11.1. The molecule has 2 bridgehead atoms. The number of aliphatic hydroxyl groups excluding tert-OH is 2. The predicted octanol–water partition coefficient (Wildman–Crippen LogP) is 1.68. The van der Waals surface area contributed by atoms with Crippen LogP contribution in [-0.4, -0.2) is 92.0 Å². The van der Waals surface area contributed by atoms with E-state index in [1.54, 1.807) is 23.1 Å². The van der Waals surface area contributed by atoms with Gasteiger partial charge < -0.3 is 34.6 Å². The van der Waals surface area contributed by atoms with Gasteiger partial charge in [-0.15, -0.1) is 0 Å². The van der Waals surface area contributed by atoms with Crippen LogP contribution in [-0.2, 0) is 14.3 Å². The lowest BCUT2D eigenvalue weighted by Crippen LogP contribution is -2.60. The molecule has 5 aliphatic rings. The molecule has 3 fully saturated rings. The lowest BCUT2D eigenvalue weighted by atomic mass is 9.45. The highest BCUT2D eigenvalue weighted by molar-refractivity contribution is 5.96. The molecule has 10 nitrogen and oxygen atoms in total. The van der Waals surface area contributed by atoms with E-state index in [1.165, 1.54) is 14.2 Å². The van der Waals surface area contributed by atoms with Crippen molar-refractivity contribution in [3.63, 3.8) is 0 Å². The maximum Gasteiger partial charge on any atom is 0.249 e. The maximum atomic E-state index is 13.5. The summed E-state index contributed by atoms with van der Waals surface area (Å²) in [5.41, 5.74) is 1.42. The van der Waals surface area contributed by atoms with Crippen molar-refractivity contribution in [2.45, 2.75) is 57.3 Å². The van der Waals surface area contributed by atoms with Crippen molar-refractivity contribution < 1.29 is 38.8 Å². The van der Waals surface area contributed by atoms with Gasteiger partial charge in [0, 0.05) is 36.9 Å². The predicted molar refractivity (Wildman–Crippen MR) is 145 cm³/mol. The number of carbonyl (C=O) groups excluding carboxylic acids is 3. The molecule has 0 saturated heterocycles. The van der Waals surface area contributed by atoms with Crippen LogP contribution in [0.1, 0.15) is 54.9 Å². The van der Waals surface area contributed by atoms with E-state index in [0.717, 1.165) is 19.3 Å². The van der Waals surface area contributed by atoms with Gasteiger partial charge in [-0.2, -0.15) is 0 Å². The van der Waals surface area contributed by atoms with Gasteiger partial charge in [-0.25, -0.2) is 0 Å². The van der Waals surface area contributed by atoms with Crippen molar-refractivity contribution >= 4 is 18.1 Å². The van der Waals surface area contributed by atoms with E-state index < -0.39 is 30.1 Å². The number of ether oxygens (including phenoxy) is 3. The summed E-state index contributed by atoms with van der Waals surface area (Å²) in [4.78, 5) is 40.3. The minimum absolute atomic E-state index is 0.0402. The van der Waals surface area contributed by atoms with Gasteiger partial charge in [0.2, 0.25) is 11.8 Å². The molecular weight excluding hydrogens is 516 g/mol. The van der Waals surface area contributed by atoms with E-state index in [-0.39, 0.29) is 37.0 Å². The average molecular weight is 557 g/mol. The Morgan fingerprint density at radius 2 is 2.02 bits per heavy atom. The number of carbonyl (C=O) groups is 3. The molecular formula is C30H40N2O8. The molecule has 1 aromatic rings. The second-order valence-corrected chi connectivity index (χ2v) is 12.1. The van der Waals surface area contributed by atoms with E-state index in [9.17, 15) is 24.6 Å². The van der Waals surface area contributed by atoms with Crippen molar-refractivity contribution in [1.29, 1.82) is 0 Å². The van der Waals surface area contributed by atoms with Crippen LogP contribution in [0.15, 0.2) is 23.8 Å². The summed E-state index contributed by atoms with van der Waals surface area (Å²) >= 11 is 0. The smallest absolute Gasteiger partial charge is 0.249 e. The molecule has 7 atom stereocenters. The van der Waals surface area contributed by atoms with Crippen LogP contribution < -0.4 is 14.8 Å². The topological polar surface area (TPSA) is 135 Å². The maximum absolute atomic E-state index is 13.5. The largest absolute Gasteiger partial charge is 0.493 e. The number of fused-ring (bicyclic) bond motifs is 5. The summed E-state index contributed by atoms with van der Waals surface area (Å²) in [6.07, 6.45) is 3.54. The number of nitrogens with one attached hydrogen (secondary N) is 1. The standard InChI is InChI=1S/C30H40N2O8/c1-30(2)18-6-5-17(21(30)11-18)13-32(24(35)15-38-3)22-12-20(29(37)31-7-8-33)25-19-9-16(14-34)10-23(39-4)27(19)40-28(25)26(22)36/h9-10,12,14,17-18,21-22,25-26,28,33,36H,5-8,11,13,15H2,1-4H3,(H,31,37). The van der Waals surface area contributed by atoms with Crippen molar-refractivity contribution in [1.82, 2.24) is 10.2 Å². The van der Waals surface area contributed by atoms with Gasteiger partial charge in [-0.1, -0.05) is 13.8 Å². The molecule has 6 rings (SSSR count). The molecule has 2 amide bonds. The molecule has 10 heteroatoms. The van der Waals surface area contributed by atoms with Crippen LogP contribution in [0.2, 0.25) is 0 Å². The number of hydrogen-bond acceptors (Lipinski definition) is 8. The second-order valence-electron chi connectivity index (χ2n) is 12.1. The van der Waals surface area contributed by atoms with Crippen LogP contribution in [0.5, 0.6) is 11.5 Å². The van der Waals surface area contributed by atoms with Gasteiger partial charge in [-0.3, -0.25) is 14.4 Å². The normalized spacial score (nSPS) is 31.1. The quantitative estimate of drug-likeness (QED) is 0.371. The van der Waals surface area contributed by atoms with Crippen molar-refractivity contribution in [3.05, 3.63) is 34.9 Å². The molecule has 7 unspecified atom stereocenters. The lowest BCUT2D eigenvalue weighted by Gasteiger charge is -2.61. The number of amides is 2. The molecule has 0 radical (unpaired) electrons.